The summed E-state index contributed by atoms with van der Waals surface area (Å²) < 4.78 is 68.4. The molecule has 1 saturated carbocycles. The number of hydrogen-bond acceptors (Lipinski definition) is 33. The van der Waals surface area contributed by atoms with Crippen LogP contribution in [0.4, 0.5) is 0 Å². The maximum absolute atomic E-state index is 14.2. The van der Waals surface area contributed by atoms with Gasteiger partial charge in [-0.3, -0.25) is 57.3 Å². The Bertz CT molecular complexity index is 2960. The second-order valence-corrected chi connectivity index (χ2v) is 35.1. The van der Waals surface area contributed by atoms with Crippen LogP contribution >= 0.6 is 7.82 Å². The molecule has 722 valence electrons. The number of amides is 6. The highest BCUT2D eigenvalue weighted by Crippen LogP contribution is 2.38. The Morgan fingerprint density at radius 1 is 0.424 bits per heavy atom. The van der Waals surface area contributed by atoms with Crippen LogP contribution in [-0.4, -0.2) is 331 Å². The number of rotatable bonds is 72. The lowest BCUT2D eigenvalue weighted by molar-refractivity contribution is -0.270. The molecular weight excluding hydrogens is 1660 g/mol. The molecule has 4 fully saturated rings. The first kappa shape index (κ1) is 112. The summed E-state index contributed by atoms with van der Waals surface area (Å²) in [7, 11) is -3.54. The largest absolute Gasteiger partial charge is 0.756 e. The van der Waals surface area contributed by atoms with E-state index in [0.29, 0.717) is 109 Å². The molecule has 18 atom stereocenters. The number of unbranched alkanes of at least 4 members (excludes halogenated alkanes) is 14. The molecule has 1 aliphatic carbocycles. The van der Waals surface area contributed by atoms with Gasteiger partial charge >= 0.3 is 0 Å². The van der Waals surface area contributed by atoms with Crippen LogP contribution in [0.5, 0.6) is 0 Å². The van der Waals surface area contributed by atoms with Crippen molar-refractivity contribution in [1.82, 2.24) is 31.5 Å². The van der Waals surface area contributed by atoms with Gasteiger partial charge in [-0.1, -0.05) is 51.4 Å². The number of nitrogens with zero attached hydrogens (tertiary/aromatic N) is 1. The number of likely N-dealkylation sites (tertiary alicyclic amines) is 1. The number of Topliss-reactive ketones (excluding diaryl/α,β-unsaturated/α-hetero) is 5. The minimum atomic E-state index is -4.52. The van der Waals surface area contributed by atoms with Gasteiger partial charge in [-0.2, -0.15) is 0 Å². The monoisotopic (exact) mass is 1810 g/mol. The molecule has 0 aromatic heterocycles. The zero-order valence-electron chi connectivity index (χ0n) is 73.8. The van der Waals surface area contributed by atoms with Crippen molar-refractivity contribution in [2.24, 2.45) is 11.3 Å². The van der Waals surface area contributed by atoms with Gasteiger partial charge in [-0.05, 0) is 96.3 Å². The van der Waals surface area contributed by atoms with E-state index in [1.54, 1.807) is 0 Å². The topological polar surface area (TPSA) is 586 Å². The van der Waals surface area contributed by atoms with Gasteiger partial charge < -0.3 is 134 Å². The van der Waals surface area contributed by atoms with Crippen LogP contribution in [0.25, 0.3) is 0 Å². The summed E-state index contributed by atoms with van der Waals surface area (Å²) in [6.45, 7) is 2.47. The molecular formula is C85H148N6O33P-. The molecule has 40 heteroatoms. The second-order valence-electron chi connectivity index (χ2n) is 33.6. The van der Waals surface area contributed by atoms with Gasteiger partial charge in [0, 0.05) is 169 Å². The first-order valence-corrected chi connectivity index (χ1v) is 46.4. The van der Waals surface area contributed by atoms with Gasteiger partial charge in [0.15, 0.2) is 12.6 Å². The van der Waals surface area contributed by atoms with Gasteiger partial charge in [0.05, 0.1) is 89.9 Å². The molecule has 0 spiro atoms. The summed E-state index contributed by atoms with van der Waals surface area (Å²) >= 11 is 0. The summed E-state index contributed by atoms with van der Waals surface area (Å²) in [5.41, 5.74) is -1.15. The van der Waals surface area contributed by atoms with Gasteiger partial charge in [-0.15, -0.1) is 0 Å². The van der Waals surface area contributed by atoms with E-state index in [9.17, 15) is 113 Å². The molecule has 0 bridgehead atoms. The molecule has 17 unspecified atom stereocenters. The summed E-state index contributed by atoms with van der Waals surface area (Å²) in [6.07, 6.45) is 0.832. The first-order valence-electron chi connectivity index (χ1n) is 45.0. The van der Waals surface area contributed by atoms with Crippen molar-refractivity contribution in [3.05, 3.63) is 0 Å². The zero-order valence-corrected chi connectivity index (χ0v) is 74.7. The van der Waals surface area contributed by atoms with Crippen LogP contribution in [0.2, 0.25) is 0 Å². The lowest BCUT2D eigenvalue weighted by Crippen LogP contribution is -2.64. The Hall–Kier alpha value is -5.44. The van der Waals surface area contributed by atoms with Gasteiger partial charge in [0.2, 0.25) is 35.4 Å². The summed E-state index contributed by atoms with van der Waals surface area (Å²) in [6, 6.07) is -3.64. The fourth-order valence-corrected chi connectivity index (χ4v) is 16.1. The third-order valence-electron chi connectivity index (χ3n) is 22.7. The van der Waals surface area contributed by atoms with Crippen molar-refractivity contribution in [1.29, 1.82) is 0 Å². The van der Waals surface area contributed by atoms with Gasteiger partial charge in [0.25, 0.3) is 7.82 Å². The summed E-state index contributed by atoms with van der Waals surface area (Å²) in [5.74, 6) is -3.01. The van der Waals surface area contributed by atoms with Crippen molar-refractivity contribution < 1.29 is 160 Å². The number of aliphatic hydroxyl groups excluding tert-OH is 10. The maximum atomic E-state index is 14.2. The van der Waals surface area contributed by atoms with E-state index in [1.165, 1.54) is 25.7 Å². The molecule has 3 saturated heterocycles. The quantitative estimate of drug-likeness (QED) is 0.0298. The van der Waals surface area contributed by atoms with Crippen molar-refractivity contribution in [3.8, 4) is 0 Å². The predicted octanol–water partition coefficient (Wildman–Crippen LogP) is 1.00. The summed E-state index contributed by atoms with van der Waals surface area (Å²) in [5, 5.41) is 115. The van der Waals surface area contributed by atoms with Crippen molar-refractivity contribution in [3.63, 3.8) is 0 Å². The van der Waals surface area contributed by atoms with Crippen LogP contribution in [0.15, 0.2) is 0 Å². The van der Waals surface area contributed by atoms with Crippen LogP contribution in [0, 0.1) is 11.3 Å². The van der Waals surface area contributed by atoms with E-state index in [4.69, 9.17) is 42.4 Å². The van der Waals surface area contributed by atoms with Crippen LogP contribution in [0.1, 0.15) is 252 Å². The Morgan fingerprint density at radius 3 is 1.24 bits per heavy atom. The molecule has 4 aliphatic rings. The molecule has 0 aromatic rings. The van der Waals surface area contributed by atoms with Gasteiger partial charge in [0.1, 0.15) is 83.7 Å². The van der Waals surface area contributed by atoms with Gasteiger partial charge in [-0.25, -0.2) is 0 Å². The number of aliphatic hydroxyl groups is 10. The highest BCUT2D eigenvalue weighted by Gasteiger charge is 2.48. The predicted molar refractivity (Wildman–Crippen MR) is 447 cm³/mol. The van der Waals surface area contributed by atoms with Crippen LogP contribution in [-0.2, 0) is 104 Å². The van der Waals surface area contributed by atoms with E-state index in [-0.39, 0.29) is 222 Å². The number of carbonyl (C=O) groups is 11. The zero-order chi connectivity index (χ0) is 92.1. The van der Waals surface area contributed by atoms with Crippen molar-refractivity contribution >= 4 is 72.2 Å². The lowest BCUT2D eigenvalue weighted by Gasteiger charge is -2.42. The number of carbonyl (C=O) groups excluding carboxylic acids is 11. The molecule has 125 heavy (non-hydrogen) atoms. The third kappa shape index (κ3) is 45.8. The highest BCUT2D eigenvalue weighted by molar-refractivity contribution is 7.45. The fraction of sp³-hybridized carbons (Fsp3) is 0.871. The highest BCUT2D eigenvalue weighted by atomic mass is 31.2. The van der Waals surface area contributed by atoms with Crippen LogP contribution in [0.3, 0.4) is 0 Å². The SMILES string of the molecule is COP(=O)([O-])OC[C@@H]1CC(O)CN1C(=O)CCCCCCCCCCC(=O)CC(COCCC(=O)CCCCCC(=O)CCCCOC1OC(CO)C(O)C(O)C1NC(C)=O)(COCCC(=O)CCCCCC(=O)CCCCOC1OC(CO)C(O)C(O)C1NC(C)=O)COCCC(=O)NCCCNC(=O)CCCCOC1CC(CO)C(O)C(O)C1NC(C)=O. The smallest absolute Gasteiger partial charge is 0.267 e. The molecule has 0 aromatic carbocycles. The van der Waals surface area contributed by atoms with Crippen LogP contribution < -0.4 is 31.5 Å². The number of phosphoric ester groups is 1. The maximum Gasteiger partial charge on any atom is 0.267 e. The normalized spacial score (nSPS) is 25.4. The number of ketones is 5. The molecule has 4 rings (SSSR count). The second kappa shape index (κ2) is 63.6. The standard InChI is InChI=1S/C85H149N6O33P/c1-57(95)88-74-68(46-60(50-92)77(107)80(74)110)119-40-24-21-33-71(104)86-38-25-39-87-72(105)37-45-118-56-85(48-66(102)32-13-9-7-5-6-8-10-18-34-73(106)91-49-67(103)47-61(91)53-122-125(113,114)115-4,54-116-43-35-64(100)28-16-11-14-26-62(98)30-19-22-41-120-83-75(89-58(2)96)81(111)78(108)69(51-93)123-83)55-117-44-36-65(101)29-17-12-15-27-63(99)31-20-23-42-121-84-76(90-59(3)97)82(112)79(109)70(52-94)124-84/h60-61,67-70,74-84,92-94,103,107-112H,5-56H2,1-4H3,(H,86,104)(H,87,105)(H,88,95)(H,89,96)(H,90,97)(H,113,114)/p-1/t60?,61-,67?,68?,69?,70?,74?,75?,76?,77?,78?,79?,80?,81?,82?,83?,84?,85?/m0/s1. The Morgan fingerprint density at radius 2 is 0.800 bits per heavy atom. The average molecular weight is 1810 g/mol. The minimum absolute atomic E-state index is 0.0155. The third-order valence-corrected chi connectivity index (χ3v) is 23.6. The molecule has 0 radical (unpaired) electrons. The number of hydrogen-bond donors (Lipinski definition) is 15. The molecule has 6 amide bonds. The molecule has 15 N–H and O–H groups in total. The van der Waals surface area contributed by atoms with E-state index < -0.39 is 148 Å². The lowest BCUT2D eigenvalue weighted by atomic mass is 9.79. The number of nitrogens with one attached hydrogen (secondary N) is 5. The number of β-amino-alcohol motifs (C(OH)–C–C–N with tert-alkyl or cyclic N) is 1. The van der Waals surface area contributed by atoms with Crippen molar-refractivity contribution in [2.45, 2.75) is 350 Å². The fourth-order valence-electron chi connectivity index (χ4n) is 15.6. The molecule has 3 aliphatic heterocycles. The van der Waals surface area contributed by atoms with E-state index in [1.807, 2.05) is 0 Å². The van der Waals surface area contributed by atoms with E-state index in [0.717, 1.165) is 45.6 Å². The Balaban J connectivity index is 1.31. The summed E-state index contributed by atoms with van der Waals surface area (Å²) in [4.78, 5) is 154. The first-order chi connectivity index (χ1) is 59.8. The van der Waals surface area contributed by atoms with E-state index >= 15 is 0 Å². The Kier molecular flexibility index (Phi) is 56.9. The molecule has 39 nitrogen and oxygen atoms in total. The van der Waals surface area contributed by atoms with E-state index in [2.05, 4.69) is 31.1 Å². The molecule has 3 heterocycles. The average Bonchev–Trinajstić information content (AvgIpc) is 1.57. The van der Waals surface area contributed by atoms with Crippen molar-refractivity contribution in [2.75, 3.05) is 113 Å². The number of ether oxygens (including phenoxy) is 8. The Labute approximate surface area is 734 Å². The number of phosphoric acid groups is 1. The minimum Gasteiger partial charge on any atom is -0.756 e.